The van der Waals surface area contributed by atoms with Gasteiger partial charge >= 0.3 is 0 Å². The first-order chi connectivity index (χ1) is 23.5. The predicted molar refractivity (Wildman–Crippen MR) is 188 cm³/mol. The maximum absolute atomic E-state index is 14.6. The molecule has 49 heavy (non-hydrogen) atoms. The summed E-state index contributed by atoms with van der Waals surface area (Å²) in [6, 6.07) is 25.4. The number of anilines is 1. The molecule has 2 heterocycles. The molecule has 10 nitrogen and oxygen atoms in total. The fourth-order valence-corrected chi connectivity index (χ4v) is 5.82. The summed E-state index contributed by atoms with van der Waals surface area (Å²) in [5, 5.41) is 5.15. The summed E-state index contributed by atoms with van der Waals surface area (Å²) in [5.41, 5.74) is 3.20. The van der Waals surface area contributed by atoms with Crippen molar-refractivity contribution in [3.05, 3.63) is 136 Å². The minimum Gasteiger partial charge on any atom is -0.354 e. The molecule has 254 valence electrons. The normalized spacial score (nSPS) is 10.5. The van der Waals surface area contributed by atoms with Gasteiger partial charge in [0.05, 0.1) is 18.3 Å². The zero-order valence-electron chi connectivity index (χ0n) is 26.9. The van der Waals surface area contributed by atoms with Crippen LogP contribution in [0.5, 0.6) is 0 Å². The fourth-order valence-electron chi connectivity index (χ4n) is 5.26. The van der Waals surface area contributed by atoms with Gasteiger partial charge in [0.15, 0.2) is 0 Å². The van der Waals surface area contributed by atoms with Gasteiger partial charge in [-0.25, -0.2) is 17.2 Å². The Morgan fingerprint density at radius 1 is 0.898 bits per heavy atom. The molecule has 0 spiro atoms. The number of sulfonamides is 1. The first-order valence-electron chi connectivity index (χ1n) is 14.5. The molecule has 2 aromatic heterocycles. The Hall–Kier alpha value is -5.95. The van der Waals surface area contributed by atoms with Crippen molar-refractivity contribution >= 4 is 56.9 Å². The average Bonchev–Trinajstić information content (AvgIpc) is 3.41. The lowest BCUT2D eigenvalue weighted by atomic mass is 9.98. The van der Waals surface area contributed by atoms with Gasteiger partial charge in [0.1, 0.15) is 30.9 Å². The molecule has 6 rings (SSSR count). The average molecular weight is 689 g/mol. The van der Waals surface area contributed by atoms with Crippen molar-refractivity contribution in [1.29, 1.82) is 0 Å². The number of aromatic nitrogens is 2. The van der Waals surface area contributed by atoms with Crippen molar-refractivity contribution in [3.63, 3.8) is 0 Å². The summed E-state index contributed by atoms with van der Waals surface area (Å²) < 4.78 is 53.8. The number of nitrogens with zero attached hydrogens (tertiary/aromatic N) is 1. The van der Waals surface area contributed by atoms with Gasteiger partial charge in [-0.15, -0.1) is 0 Å². The van der Waals surface area contributed by atoms with Crippen LogP contribution in [0.4, 0.5) is 14.5 Å². The summed E-state index contributed by atoms with van der Waals surface area (Å²) >= 11 is 0. The summed E-state index contributed by atoms with van der Waals surface area (Å²) in [6.45, 7) is 5.89. The fraction of sp³-hybridized carbons (Fsp3) is 0.111. The molecule has 0 aliphatic heterocycles. The molecule has 0 bridgehead atoms. The van der Waals surface area contributed by atoms with Gasteiger partial charge in [0, 0.05) is 47.1 Å². The second kappa shape index (κ2) is 16.7. The summed E-state index contributed by atoms with van der Waals surface area (Å²) in [6.07, 6.45) is 2.66. The van der Waals surface area contributed by atoms with Crippen LogP contribution in [0.2, 0.25) is 0 Å². The molecular formula is C36H34F2N4O6S. The zero-order valence-corrected chi connectivity index (χ0v) is 27.7. The molecule has 0 unspecified atom stereocenters. The molecule has 0 atom stereocenters. The Morgan fingerprint density at radius 3 is 2.24 bits per heavy atom. The highest BCUT2D eigenvalue weighted by Crippen LogP contribution is 2.39. The molecule has 4 aromatic carbocycles. The van der Waals surface area contributed by atoms with Gasteiger partial charge in [-0.2, -0.15) is 0 Å². The number of fused-ring (bicyclic) bond motifs is 3. The maximum Gasteiger partial charge on any atom is 0.268 e. The van der Waals surface area contributed by atoms with Crippen LogP contribution in [0.1, 0.15) is 21.6 Å². The van der Waals surface area contributed by atoms with E-state index in [1.807, 2.05) is 69.0 Å². The number of hydrogen-bond donors (Lipinski definition) is 3. The van der Waals surface area contributed by atoms with E-state index in [2.05, 4.69) is 15.0 Å². The second-order valence-electron chi connectivity index (χ2n) is 10.5. The van der Waals surface area contributed by atoms with E-state index in [0.717, 1.165) is 28.7 Å². The van der Waals surface area contributed by atoms with Gasteiger partial charge in [-0.3, -0.25) is 14.3 Å². The maximum atomic E-state index is 14.6. The van der Waals surface area contributed by atoms with Crippen molar-refractivity contribution in [2.75, 3.05) is 18.0 Å². The van der Waals surface area contributed by atoms with E-state index >= 15 is 0 Å². The molecule has 6 aromatic rings. The Balaban J connectivity index is 0.000000342. The molecule has 0 saturated carbocycles. The highest BCUT2D eigenvalue weighted by molar-refractivity contribution is 7.92. The molecule has 0 saturated heterocycles. The minimum atomic E-state index is -3.14. The van der Waals surface area contributed by atoms with Crippen LogP contribution in [0.15, 0.2) is 102 Å². The van der Waals surface area contributed by atoms with E-state index in [4.69, 9.17) is 9.59 Å². The van der Waals surface area contributed by atoms with E-state index in [0.29, 0.717) is 27.7 Å². The van der Waals surface area contributed by atoms with E-state index in [1.54, 1.807) is 28.8 Å². The van der Waals surface area contributed by atoms with E-state index in [1.165, 1.54) is 25.4 Å². The largest absolute Gasteiger partial charge is 0.354 e. The molecule has 0 aliphatic carbocycles. The van der Waals surface area contributed by atoms with E-state index in [-0.39, 0.29) is 23.4 Å². The van der Waals surface area contributed by atoms with Gasteiger partial charge in [0.2, 0.25) is 10.0 Å². The van der Waals surface area contributed by atoms with Crippen molar-refractivity contribution in [2.24, 2.45) is 0 Å². The van der Waals surface area contributed by atoms with Crippen LogP contribution in [0, 0.1) is 18.6 Å². The third kappa shape index (κ3) is 8.90. The quantitative estimate of drug-likeness (QED) is 0.201. The molecule has 3 N–H and O–H groups in total. The number of benzene rings is 4. The smallest absolute Gasteiger partial charge is 0.268 e. The number of H-pyrrole nitrogens is 1. The lowest BCUT2D eigenvalue weighted by Gasteiger charge is -2.12. The Bertz CT molecular complexity index is 2270. The monoisotopic (exact) mass is 688 g/mol. The first kappa shape index (κ1) is 37.5. The number of aryl methyl sites for hydroxylation is 1. The van der Waals surface area contributed by atoms with Crippen molar-refractivity contribution in [1.82, 2.24) is 14.9 Å². The van der Waals surface area contributed by atoms with Crippen molar-refractivity contribution in [3.8, 4) is 11.1 Å². The van der Waals surface area contributed by atoms with Crippen molar-refractivity contribution in [2.45, 2.75) is 13.5 Å². The standard InChI is InChI=1S/C26H19F2N3O2.C8H11NO2S.2CH2O/c1-29-26(33)24-23(19-7-4-12-30-25(19)32)22-18-6-3-2-5-15(18)9-11-21(22)31(24)14-16-8-10-17(27)13-20(16)28;1-7-4-3-5-8(6-7)9-12(2,10)11;2*1-2/h2-13H,14H2,1H3,(H,29,33)(H,30,32);3-6,9H,1-2H3;2*1H2. The van der Waals surface area contributed by atoms with Gasteiger partial charge in [-0.05, 0) is 59.7 Å². The number of pyridine rings is 1. The number of halogens is 2. The molecule has 0 radical (unpaired) electrons. The molecule has 1 amide bonds. The summed E-state index contributed by atoms with van der Waals surface area (Å²) in [4.78, 5) is 44.7. The lowest BCUT2D eigenvalue weighted by molar-refractivity contribution is -0.0987. The lowest BCUT2D eigenvalue weighted by Crippen LogP contribution is -2.23. The SMILES string of the molecule is C=O.C=O.CNC(=O)c1c(-c2ccc[nH]c2=O)c2c3ccccc3ccc2n1Cc1ccc(F)cc1F.Cc1cccc(NS(C)(=O)=O)c1. The minimum absolute atomic E-state index is 0.0194. The number of hydrogen-bond acceptors (Lipinski definition) is 6. The third-order valence-corrected chi connectivity index (χ3v) is 7.76. The van der Waals surface area contributed by atoms with E-state index in [9.17, 15) is 26.8 Å². The van der Waals surface area contributed by atoms with Gasteiger partial charge in [-0.1, -0.05) is 48.5 Å². The van der Waals surface area contributed by atoms with Gasteiger partial charge < -0.3 is 24.5 Å². The second-order valence-corrected chi connectivity index (χ2v) is 12.2. The van der Waals surface area contributed by atoms with Gasteiger partial charge in [0.25, 0.3) is 11.5 Å². The van der Waals surface area contributed by atoms with Crippen LogP contribution in [0.25, 0.3) is 32.8 Å². The predicted octanol–water partition coefficient (Wildman–Crippen LogP) is 5.83. The van der Waals surface area contributed by atoms with Crippen LogP contribution in [-0.2, 0) is 26.2 Å². The third-order valence-electron chi connectivity index (χ3n) is 7.15. The van der Waals surface area contributed by atoms with Crippen LogP contribution in [0.3, 0.4) is 0 Å². The summed E-state index contributed by atoms with van der Waals surface area (Å²) in [5.74, 6) is -1.81. The zero-order chi connectivity index (χ0) is 36.3. The van der Waals surface area contributed by atoms with Crippen LogP contribution < -0.4 is 15.6 Å². The molecule has 13 heteroatoms. The topological polar surface area (TPSA) is 147 Å². The number of carbonyl (C=O) groups is 3. The number of amides is 1. The number of rotatable bonds is 6. The number of carbonyl (C=O) groups excluding carboxylic acids is 3. The summed E-state index contributed by atoms with van der Waals surface area (Å²) in [7, 11) is -1.64. The Kier molecular flexibility index (Phi) is 12.8. The van der Waals surface area contributed by atoms with Crippen molar-refractivity contribution < 1.29 is 31.6 Å². The molecule has 0 fully saturated rings. The van der Waals surface area contributed by atoms with Crippen LogP contribution in [-0.4, -0.2) is 50.8 Å². The number of nitrogens with one attached hydrogen (secondary N) is 3. The molecule has 0 aliphatic rings. The highest BCUT2D eigenvalue weighted by atomic mass is 32.2. The Labute approximate surface area is 281 Å². The highest BCUT2D eigenvalue weighted by Gasteiger charge is 2.26. The first-order valence-corrected chi connectivity index (χ1v) is 16.4. The Morgan fingerprint density at radius 2 is 1.61 bits per heavy atom. The van der Waals surface area contributed by atoms with E-state index < -0.39 is 27.6 Å². The van der Waals surface area contributed by atoms with Crippen LogP contribution >= 0.6 is 0 Å². The number of aromatic amines is 1. The molecular weight excluding hydrogens is 654 g/mol.